The lowest BCUT2D eigenvalue weighted by Crippen LogP contribution is -2.45. The molecule has 0 aliphatic carbocycles. The first-order valence-corrected chi connectivity index (χ1v) is 8.03. The van der Waals surface area contributed by atoms with Gasteiger partial charge in [-0.25, -0.2) is 9.18 Å². The number of halogens is 2. The number of benzene rings is 1. The van der Waals surface area contributed by atoms with Gasteiger partial charge in [0, 0.05) is 12.8 Å². The van der Waals surface area contributed by atoms with Crippen LogP contribution in [0, 0.1) is 5.82 Å². The van der Waals surface area contributed by atoms with Gasteiger partial charge in [0.15, 0.2) is 5.11 Å². The second kappa shape index (κ2) is 7.85. The van der Waals surface area contributed by atoms with Gasteiger partial charge in [-0.05, 0) is 52.8 Å². The lowest BCUT2D eigenvalue weighted by molar-refractivity contribution is -0.140. The summed E-state index contributed by atoms with van der Waals surface area (Å²) in [5.74, 6) is -0.859. The Hall–Kier alpha value is -1.51. The van der Waals surface area contributed by atoms with E-state index in [1.165, 1.54) is 13.2 Å². The molecule has 0 saturated carbocycles. The first-order valence-electron chi connectivity index (χ1n) is 6.83. The summed E-state index contributed by atoms with van der Waals surface area (Å²) < 4.78 is 23.8. The zero-order valence-electron chi connectivity index (χ0n) is 12.6. The highest BCUT2D eigenvalue weighted by molar-refractivity contribution is 9.10. The Morgan fingerprint density at radius 3 is 2.83 bits per heavy atom. The van der Waals surface area contributed by atoms with Gasteiger partial charge in [-0.2, -0.15) is 0 Å². The zero-order valence-corrected chi connectivity index (χ0v) is 15.0. The minimum absolute atomic E-state index is 0.149. The summed E-state index contributed by atoms with van der Waals surface area (Å²) in [6.07, 6.45) is 0. The number of esters is 1. The molecule has 5 nitrogen and oxygen atoms in total. The molecule has 1 unspecified atom stereocenters. The molecule has 124 valence electrons. The van der Waals surface area contributed by atoms with E-state index in [9.17, 15) is 9.18 Å². The number of ether oxygens (including phenoxy) is 2. The van der Waals surface area contributed by atoms with Crippen molar-refractivity contribution >= 4 is 39.2 Å². The molecular weight excluding hydrogens is 387 g/mol. The zero-order chi connectivity index (χ0) is 17.0. The van der Waals surface area contributed by atoms with Crippen LogP contribution in [0.2, 0.25) is 0 Å². The van der Waals surface area contributed by atoms with Crippen LogP contribution in [0.3, 0.4) is 0 Å². The van der Waals surface area contributed by atoms with E-state index in [-0.39, 0.29) is 12.4 Å². The Balaban J connectivity index is 2.33. The first-order chi connectivity index (χ1) is 10.9. The van der Waals surface area contributed by atoms with Crippen LogP contribution in [0.5, 0.6) is 0 Å². The fourth-order valence-corrected chi connectivity index (χ4v) is 2.87. The van der Waals surface area contributed by atoms with E-state index in [4.69, 9.17) is 21.7 Å². The average Bonchev–Trinajstić information content (AvgIpc) is 2.49. The molecule has 0 saturated heterocycles. The molecule has 1 aromatic carbocycles. The van der Waals surface area contributed by atoms with Crippen LogP contribution in [0.4, 0.5) is 4.39 Å². The number of methoxy groups -OCH3 is 1. The molecule has 1 heterocycles. The van der Waals surface area contributed by atoms with Gasteiger partial charge in [0.05, 0.1) is 22.7 Å². The van der Waals surface area contributed by atoms with Crippen molar-refractivity contribution in [3.05, 3.63) is 45.3 Å². The smallest absolute Gasteiger partial charge is 0.338 e. The van der Waals surface area contributed by atoms with E-state index in [2.05, 4.69) is 26.6 Å². The van der Waals surface area contributed by atoms with E-state index < -0.39 is 12.0 Å². The molecule has 0 spiro atoms. The number of rotatable bonds is 5. The van der Waals surface area contributed by atoms with Crippen molar-refractivity contribution in [1.29, 1.82) is 0 Å². The maximum absolute atomic E-state index is 13.5. The Labute approximate surface area is 147 Å². The van der Waals surface area contributed by atoms with Crippen molar-refractivity contribution in [2.45, 2.75) is 13.0 Å². The van der Waals surface area contributed by atoms with Gasteiger partial charge >= 0.3 is 5.97 Å². The topological polar surface area (TPSA) is 59.6 Å². The lowest BCUT2D eigenvalue weighted by atomic mass is 9.96. The van der Waals surface area contributed by atoms with E-state index in [0.717, 1.165) is 0 Å². The number of hydrogen-bond acceptors (Lipinski definition) is 4. The van der Waals surface area contributed by atoms with Crippen LogP contribution in [0.25, 0.3) is 0 Å². The van der Waals surface area contributed by atoms with Crippen molar-refractivity contribution in [1.82, 2.24) is 10.6 Å². The van der Waals surface area contributed by atoms with Crippen molar-refractivity contribution in [3.63, 3.8) is 0 Å². The number of carbonyl (C=O) groups is 1. The van der Waals surface area contributed by atoms with Crippen LogP contribution in [-0.2, 0) is 14.3 Å². The maximum Gasteiger partial charge on any atom is 0.338 e. The highest BCUT2D eigenvalue weighted by atomic mass is 79.9. The molecule has 23 heavy (non-hydrogen) atoms. The standard InChI is InChI=1S/C15H16BrFN2O3S/c1-8-12(14(20)22-6-5-21-2)13(19-15(23)18-8)9-3-4-11(17)10(16)7-9/h3-4,7,13H,5-6H2,1-2H3,(H2,18,19,23). The van der Waals surface area contributed by atoms with Crippen LogP contribution in [0.1, 0.15) is 18.5 Å². The molecule has 1 aliphatic heterocycles. The fourth-order valence-electron chi connectivity index (χ4n) is 2.20. The van der Waals surface area contributed by atoms with Gasteiger partial charge in [0.25, 0.3) is 0 Å². The molecule has 0 amide bonds. The Morgan fingerprint density at radius 2 is 2.17 bits per heavy atom. The third kappa shape index (κ3) is 4.27. The Bertz CT molecular complexity index is 666. The number of thiocarbonyl (C=S) groups is 1. The predicted octanol–water partition coefficient (Wildman–Crippen LogP) is 2.57. The second-order valence-electron chi connectivity index (χ2n) is 4.87. The summed E-state index contributed by atoms with van der Waals surface area (Å²) in [6.45, 7) is 2.20. The molecule has 0 bridgehead atoms. The minimum Gasteiger partial charge on any atom is -0.460 e. The molecule has 1 aromatic rings. The molecule has 8 heteroatoms. The summed E-state index contributed by atoms with van der Waals surface area (Å²) in [5, 5.41) is 6.32. The Kier molecular flexibility index (Phi) is 6.09. The summed E-state index contributed by atoms with van der Waals surface area (Å²) in [5.41, 5.74) is 1.69. The highest BCUT2D eigenvalue weighted by Crippen LogP contribution is 2.30. The molecule has 0 fully saturated rings. The van der Waals surface area contributed by atoms with E-state index in [1.807, 2.05) is 0 Å². The number of hydrogen-bond donors (Lipinski definition) is 2. The molecule has 0 radical (unpaired) electrons. The van der Waals surface area contributed by atoms with E-state index >= 15 is 0 Å². The van der Waals surface area contributed by atoms with Gasteiger partial charge in [0.2, 0.25) is 0 Å². The van der Waals surface area contributed by atoms with Crippen molar-refractivity contribution in [3.8, 4) is 0 Å². The summed E-state index contributed by atoms with van der Waals surface area (Å²) >= 11 is 8.30. The highest BCUT2D eigenvalue weighted by Gasteiger charge is 2.31. The third-order valence-electron chi connectivity index (χ3n) is 3.29. The maximum atomic E-state index is 13.5. The average molecular weight is 403 g/mol. The third-order valence-corrected chi connectivity index (χ3v) is 4.11. The monoisotopic (exact) mass is 402 g/mol. The molecule has 0 aromatic heterocycles. The van der Waals surface area contributed by atoms with Gasteiger partial charge < -0.3 is 20.1 Å². The quantitative estimate of drug-likeness (QED) is 0.448. The van der Waals surface area contributed by atoms with Crippen LogP contribution in [-0.4, -0.2) is 31.4 Å². The summed E-state index contributed by atoms with van der Waals surface area (Å²) in [6, 6.07) is 4.02. The van der Waals surface area contributed by atoms with Gasteiger partial charge in [-0.3, -0.25) is 0 Å². The lowest BCUT2D eigenvalue weighted by Gasteiger charge is -2.30. The van der Waals surface area contributed by atoms with Gasteiger partial charge in [0.1, 0.15) is 12.4 Å². The normalized spacial score (nSPS) is 17.6. The molecule has 2 rings (SSSR count). The summed E-state index contributed by atoms with van der Waals surface area (Å²) in [4.78, 5) is 12.4. The molecule has 2 N–H and O–H groups in total. The largest absolute Gasteiger partial charge is 0.460 e. The summed E-state index contributed by atoms with van der Waals surface area (Å²) in [7, 11) is 1.53. The van der Waals surface area contributed by atoms with Gasteiger partial charge in [-0.1, -0.05) is 6.07 Å². The van der Waals surface area contributed by atoms with E-state index in [0.29, 0.717) is 33.0 Å². The van der Waals surface area contributed by atoms with Crippen molar-refractivity contribution < 1.29 is 18.7 Å². The van der Waals surface area contributed by atoms with Crippen molar-refractivity contribution in [2.24, 2.45) is 0 Å². The van der Waals surface area contributed by atoms with Crippen LogP contribution >= 0.6 is 28.1 Å². The van der Waals surface area contributed by atoms with Gasteiger partial charge in [-0.15, -0.1) is 0 Å². The molecule has 1 aliphatic rings. The van der Waals surface area contributed by atoms with E-state index in [1.54, 1.807) is 19.1 Å². The fraction of sp³-hybridized carbons (Fsp3) is 0.333. The number of allylic oxidation sites excluding steroid dienone is 1. The SMILES string of the molecule is COCCOC(=O)C1=C(C)NC(=S)NC1c1ccc(F)c(Br)c1. The van der Waals surface area contributed by atoms with Crippen LogP contribution < -0.4 is 10.6 Å². The van der Waals surface area contributed by atoms with Crippen molar-refractivity contribution in [2.75, 3.05) is 20.3 Å². The molecule has 1 atom stereocenters. The number of nitrogens with one attached hydrogen (secondary N) is 2. The minimum atomic E-state index is -0.518. The van der Waals surface area contributed by atoms with Crippen LogP contribution in [0.15, 0.2) is 33.9 Å². The Morgan fingerprint density at radius 1 is 1.43 bits per heavy atom. The second-order valence-corrected chi connectivity index (χ2v) is 6.13. The predicted molar refractivity (Wildman–Crippen MR) is 91.2 cm³/mol. The molecular formula is C15H16BrFN2O3S. The number of carbonyl (C=O) groups excluding carboxylic acids is 1. The first kappa shape index (κ1) is 17.8.